The van der Waals surface area contributed by atoms with Crippen molar-refractivity contribution < 1.29 is 9.53 Å². The van der Waals surface area contributed by atoms with Gasteiger partial charge in [-0.1, -0.05) is 11.6 Å². The van der Waals surface area contributed by atoms with Crippen molar-refractivity contribution in [3.8, 4) is 5.75 Å². The molecular formula is C20H24ClN3O2. The molecule has 1 aromatic heterocycles. The van der Waals surface area contributed by atoms with E-state index in [0.29, 0.717) is 17.6 Å². The van der Waals surface area contributed by atoms with E-state index in [1.165, 1.54) is 0 Å². The summed E-state index contributed by atoms with van der Waals surface area (Å²) in [6.07, 6.45) is 5.02. The maximum atomic E-state index is 12.5. The van der Waals surface area contributed by atoms with Gasteiger partial charge in [0.2, 0.25) is 5.91 Å². The number of rotatable bonds is 4. The molecule has 2 atom stereocenters. The molecule has 6 heteroatoms. The summed E-state index contributed by atoms with van der Waals surface area (Å²) in [4.78, 5) is 21.1. The van der Waals surface area contributed by atoms with Crippen molar-refractivity contribution in [3.63, 3.8) is 0 Å². The van der Waals surface area contributed by atoms with Gasteiger partial charge in [-0.3, -0.25) is 14.7 Å². The van der Waals surface area contributed by atoms with E-state index in [0.717, 1.165) is 55.5 Å². The zero-order valence-corrected chi connectivity index (χ0v) is 15.8. The van der Waals surface area contributed by atoms with Gasteiger partial charge in [0.25, 0.3) is 0 Å². The second-order valence-electron chi connectivity index (χ2n) is 7.31. The first kappa shape index (κ1) is 17.6. The third-order valence-electron chi connectivity index (χ3n) is 5.42. The Morgan fingerprint density at radius 2 is 2.19 bits per heavy atom. The van der Waals surface area contributed by atoms with Gasteiger partial charge in [-0.05, 0) is 50.5 Å². The zero-order chi connectivity index (χ0) is 18.1. The molecule has 2 aromatic rings. The summed E-state index contributed by atoms with van der Waals surface area (Å²) in [5.41, 5.74) is 0.836. The van der Waals surface area contributed by atoms with E-state index in [2.05, 4.69) is 16.8 Å². The lowest BCUT2D eigenvalue weighted by molar-refractivity contribution is -0.132. The van der Waals surface area contributed by atoms with Crippen molar-refractivity contribution in [2.45, 2.75) is 38.3 Å². The molecule has 0 radical (unpaired) electrons. The molecule has 0 aliphatic carbocycles. The molecule has 0 saturated carbocycles. The lowest BCUT2D eigenvalue weighted by Gasteiger charge is -2.24. The fraction of sp³-hybridized carbons (Fsp3) is 0.500. The van der Waals surface area contributed by atoms with Gasteiger partial charge < -0.3 is 9.64 Å². The minimum Gasteiger partial charge on any atom is -0.488 e. The SMILES string of the molecule is C[C@@H]1CCCN1C(=O)CN1CC[C@H](Oc2ccnc3cc(Cl)ccc23)C1. The Labute approximate surface area is 158 Å². The molecule has 2 saturated heterocycles. The van der Waals surface area contributed by atoms with Crippen LogP contribution in [0.4, 0.5) is 0 Å². The van der Waals surface area contributed by atoms with E-state index < -0.39 is 0 Å². The molecule has 26 heavy (non-hydrogen) atoms. The van der Waals surface area contributed by atoms with Crippen LogP contribution in [0.3, 0.4) is 0 Å². The number of ether oxygens (including phenoxy) is 1. The van der Waals surface area contributed by atoms with Crippen LogP contribution in [0.25, 0.3) is 10.9 Å². The number of hydrogen-bond acceptors (Lipinski definition) is 4. The van der Waals surface area contributed by atoms with Gasteiger partial charge >= 0.3 is 0 Å². The van der Waals surface area contributed by atoms with Gasteiger partial charge in [0.05, 0.1) is 12.1 Å². The number of aromatic nitrogens is 1. The molecule has 0 N–H and O–H groups in total. The largest absolute Gasteiger partial charge is 0.488 e. The Morgan fingerprint density at radius 1 is 1.31 bits per heavy atom. The molecule has 0 bridgehead atoms. The number of carbonyl (C=O) groups is 1. The van der Waals surface area contributed by atoms with Crippen LogP contribution in [0.2, 0.25) is 5.02 Å². The highest BCUT2D eigenvalue weighted by Gasteiger charge is 2.30. The van der Waals surface area contributed by atoms with Gasteiger partial charge in [-0.2, -0.15) is 0 Å². The Morgan fingerprint density at radius 3 is 3.00 bits per heavy atom. The van der Waals surface area contributed by atoms with Crippen LogP contribution in [0.5, 0.6) is 5.75 Å². The van der Waals surface area contributed by atoms with E-state index in [1.54, 1.807) is 6.20 Å². The van der Waals surface area contributed by atoms with Crippen molar-refractivity contribution in [2.24, 2.45) is 0 Å². The second kappa shape index (κ2) is 7.41. The number of amides is 1. The molecule has 5 nitrogen and oxygen atoms in total. The number of likely N-dealkylation sites (tertiary alicyclic amines) is 2. The lowest BCUT2D eigenvalue weighted by Crippen LogP contribution is -2.41. The molecule has 2 aliphatic heterocycles. The summed E-state index contributed by atoms with van der Waals surface area (Å²) in [5, 5.41) is 1.64. The molecule has 0 unspecified atom stereocenters. The fourth-order valence-electron chi connectivity index (χ4n) is 4.00. The molecule has 4 rings (SSSR count). The predicted molar refractivity (Wildman–Crippen MR) is 103 cm³/mol. The number of nitrogens with zero attached hydrogens (tertiary/aromatic N) is 3. The minimum absolute atomic E-state index is 0.0973. The van der Waals surface area contributed by atoms with Crippen LogP contribution >= 0.6 is 11.6 Å². The molecular weight excluding hydrogens is 350 g/mol. The standard InChI is InChI=1S/C20H24ClN3O2/c1-14-3-2-9-24(14)20(25)13-23-10-7-16(12-23)26-19-6-8-22-18-11-15(21)4-5-17(18)19/h4-6,8,11,14,16H,2-3,7,9-10,12-13H2,1H3/t14-,16+/m1/s1. The van der Waals surface area contributed by atoms with Crippen LogP contribution in [-0.2, 0) is 4.79 Å². The van der Waals surface area contributed by atoms with Crippen molar-refractivity contribution >= 4 is 28.4 Å². The Kier molecular flexibility index (Phi) is 5.00. The maximum Gasteiger partial charge on any atom is 0.236 e. The van der Waals surface area contributed by atoms with Crippen molar-refractivity contribution in [1.29, 1.82) is 0 Å². The molecule has 0 spiro atoms. The molecule has 2 aliphatic rings. The van der Waals surface area contributed by atoms with Gasteiger partial charge in [0.1, 0.15) is 11.9 Å². The normalized spacial score (nSPS) is 23.7. The van der Waals surface area contributed by atoms with E-state index in [1.807, 2.05) is 29.2 Å². The van der Waals surface area contributed by atoms with Gasteiger partial charge in [-0.15, -0.1) is 0 Å². The maximum absolute atomic E-state index is 12.5. The van der Waals surface area contributed by atoms with Crippen molar-refractivity contribution in [2.75, 3.05) is 26.2 Å². The van der Waals surface area contributed by atoms with Crippen LogP contribution < -0.4 is 4.74 Å². The van der Waals surface area contributed by atoms with E-state index >= 15 is 0 Å². The Hall–Kier alpha value is -1.85. The average Bonchev–Trinajstić information content (AvgIpc) is 3.23. The third kappa shape index (κ3) is 3.64. The summed E-state index contributed by atoms with van der Waals surface area (Å²) in [6, 6.07) is 7.93. The Balaban J connectivity index is 1.38. The topological polar surface area (TPSA) is 45.7 Å². The summed E-state index contributed by atoms with van der Waals surface area (Å²) in [7, 11) is 0. The van der Waals surface area contributed by atoms with Crippen LogP contribution in [-0.4, -0.2) is 59.0 Å². The van der Waals surface area contributed by atoms with Crippen LogP contribution in [0, 0.1) is 0 Å². The number of halogens is 1. The smallest absolute Gasteiger partial charge is 0.236 e. The Bertz CT molecular complexity index is 813. The number of benzene rings is 1. The number of pyridine rings is 1. The third-order valence-corrected chi connectivity index (χ3v) is 5.65. The first-order valence-corrected chi connectivity index (χ1v) is 9.71. The summed E-state index contributed by atoms with van der Waals surface area (Å²) < 4.78 is 6.24. The quantitative estimate of drug-likeness (QED) is 0.824. The highest BCUT2D eigenvalue weighted by Crippen LogP contribution is 2.28. The molecule has 1 aromatic carbocycles. The highest BCUT2D eigenvalue weighted by molar-refractivity contribution is 6.31. The first-order valence-electron chi connectivity index (χ1n) is 9.33. The average molecular weight is 374 g/mol. The van der Waals surface area contributed by atoms with E-state index in [4.69, 9.17) is 16.3 Å². The number of carbonyl (C=O) groups excluding carboxylic acids is 1. The van der Waals surface area contributed by atoms with Crippen LogP contribution in [0.1, 0.15) is 26.2 Å². The highest BCUT2D eigenvalue weighted by atomic mass is 35.5. The fourth-order valence-corrected chi connectivity index (χ4v) is 4.17. The predicted octanol–water partition coefficient (Wildman–Crippen LogP) is 3.35. The van der Waals surface area contributed by atoms with Gasteiger partial charge in [0, 0.05) is 42.3 Å². The summed E-state index contributed by atoms with van der Waals surface area (Å²) >= 11 is 6.05. The van der Waals surface area contributed by atoms with E-state index in [-0.39, 0.29) is 12.0 Å². The summed E-state index contributed by atoms with van der Waals surface area (Å²) in [5.74, 6) is 1.08. The number of hydrogen-bond donors (Lipinski definition) is 0. The van der Waals surface area contributed by atoms with Gasteiger partial charge in [-0.25, -0.2) is 0 Å². The zero-order valence-electron chi connectivity index (χ0n) is 15.0. The van der Waals surface area contributed by atoms with E-state index in [9.17, 15) is 4.79 Å². The van der Waals surface area contributed by atoms with Gasteiger partial charge in [0.15, 0.2) is 0 Å². The summed E-state index contributed by atoms with van der Waals surface area (Å²) in [6.45, 7) is 5.22. The monoisotopic (exact) mass is 373 g/mol. The molecule has 2 fully saturated rings. The van der Waals surface area contributed by atoms with Crippen molar-refractivity contribution in [3.05, 3.63) is 35.5 Å². The second-order valence-corrected chi connectivity index (χ2v) is 7.75. The first-order chi connectivity index (χ1) is 12.6. The van der Waals surface area contributed by atoms with Crippen molar-refractivity contribution in [1.82, 2.24) is 14.8 Å². The lowest BCUT2D eigenvalue weighted by atomic mass is 10.2. The molecule has 138 valence electrons. The number of fused-ring (bicyclic) bond motifs is 1. The van der Waals surface area contributed by atoms with Crippen LogP contribution in [0.15, 0.2) is 30.5 Å². The molecule has 1 amide bonds. The molecule has 3 heterocycles. The minimum atomic E-state index is 0.0973.